The number of phenolic OH excluding ortho intramolecular Hbond substituents is 1. The smallest absolute Gasteiger partial charge is 0.115 e. The lowest BCUT2D eigenvalue weighted by Crippen LogP contribution is -2.25. The molecule has 3 rings (SSSR count). The van der Waals surface area contributed by atoms with Crippen LogP contribution in [0.2, 0.25) is 0 Å². The fourth-order valence-corrected chi connectivity index (χ4v) is 3.96. The Morgan fingerprint density at radius 1 is 0.947 bits per heavy atom. The largest absolute Gasteiger partial charge is 0.508 e. The first kappa shape index (κ1) is 13.0. The third-order valence-electron chi connectivity index (χ3n) is 5.36. The Bertz CT molecular complexity index is 385. The summed E-state index contributed by atoms with van der Waals surface area (Å²) in [6, 6.07) is 7.89. The van der Waals surface area contributed by atoms with Crippen molar-refractivity contribution in [2.45, 2.75) is 57.8 Å². The highest BCUT2D eigenvalue weighted by atomic mass is 16.3. The van der Waals surface area contributed by atoms with Gasteiger partial charge in [-0.2, -0.15) is 0 Å². The third kappa shape index (κ3) is 3.32. The lowest BCUT2D eigenvalue weighted by atomic mass is 9.70. The molecule has 1 unspecified atom stereocenters. The molecule has 0 spiro atoms. The molecule has 0 bridgehead atoms. The van der Waals surface area contributed by atoms with Gasteiger partial charge in [-0.3, -0.25) is 0 Å². The van der Waals surface area contributed by atoms with E-state index in [-0.39, 0.29) is 0 Å². The molecule has 0 aliphatic heterocycles. The van der Waals surface area contributed by atoms with Crippen molar-refractivity contribution in [3.05, 3.63) is 29.8 Å². The van der Waals surface area contributed by atoms with Gasteiger partial charge in [-0.05, 0) is 48.3 Å². The molecule has 0 aromatic heterocycles. The van der Waals surface area contributed by atoms with Gasteiger partial charge in [-0.1, -0.05) is 57.1 Å². The Labute approximate surface area is 117 Å². The monoisotopic (exact) mass is 258 g/mol. The summed E-state index contributed by atoms with van der Waals surface area (Å²) >= 11 is 0. The molecule has 2 aliphatic rings. The minimum atomic E-state index is 0.389. The topological polar surface area (TPSA) is 20.2 Å². The molecule has 1 nitrogen and oxygen atoms in total. The highest BCUT2D eigenvalue weighted by Crippen LogP contribution is 2.41. The van der Waals surface area contributed by atoms with Crippen LogP contribution in [0.3, 0.4) is 0 Å². The zero-order valence-electron chi connectivity index (χ0n) is 11.9. The summed E-state index contributed by atoms with van der Waals surface area (Å²) in [6.45, 7) is 0. The normalized spacial score (nSPS) is 22.3. The van der Waals surface area contributed by atoms with Gasteiger partial charge < -0.3 is 5.11 Å². The molecule has 1 aromatic rings. The molecule has 0 saturated heterocycles. The Kier molecular flexibility index (Phi) is 4.10. The first-order valence-electron chi connectivity index (χ1n) is 8.09. The maximum atomic E-state index is 9.39. The highest BCUT2D eigenvalue weighted by Gasteiger charge is 2.30. The van der Waals surface area contributed by atoms with E-state index in [4.69, 9.17) is 0 Å². The van der Waals surface area contributed by atoms with Crippen LogP contribution < -0.4 is 0 Å². The molecule has 0 heterocycles. The Balaban J connectivity index is 1.62. The van der Waals surface area contributed by atoms with Gasteiger partial charge in [0.15, 0.2) is 0 Å². The van der Waals surface area contributed by atoms with Gasteiger partial charge in [-0.15, -0.1) is 0 Å². The van der Waals surface area contributed by atoms with E-state index in [1.54, 1.807) is 0 Å². The summed E-state index contributed by atoms with van der Waals surface area (Å²) in [5.41, 5.74) is 1.41. The molecule has 1 N–H and O–H groups in total. The molecule has 1 heteroatoms. The van der Waals surface area contributed by atoms with Crippen molar-refractivity contribution in [2.24, 2.45) is 17.8 Å². The second kappa shape index (κ2) is 5.98. The second-order valence-corrected chi connectivity index (χ2v) is 6.71. The van der Waals surface area contributed by atoms with E-state index in [9.17, 15) is 5.11 Å². The van der Waals surface area contributed by atoms with E-state index in [1.165, 1.54) is 63.4 Å². The molecular formula is C18H26O. The maximum absolute atomic E-state index is 9.39. The molecule has 104 valence electrons. The van der Waals surface area contributed by atoms with E-state index in [2.05, 4.69) is 12.1 Å². The molecule has 2 fully saturated rings. The van der Waals surface area contributed by atoms with Crippen molar-refractivity contribution in [1.29, 1.82) is 0 Å². The van der Waals surface area contributed by atoms with Crippen LogP contribution in [0.25, 0.3) is 0 Å². The molecule has 0 amide bonds. The summed E-state index contributed by atoms with van der Waals surface area (Å²) in [5, 5.41) is 9.39. The molecular weight excluding hydrogens is 232 g/mol. The van der Waals surface area contributed by atoms with Gasteiger partial charge in [0.25, 0.3) is 0 Å². The number of phenols is 1. The number of hydrogen-bond donors (Lipinski definition) is 1. The van der Waals surface area contributed by atoms with Crippen molar-refractivity contribution in [1.82, 2.24) is 0 Å². The van der Waals surface area contributed by atoms with Crippen LogP contribution in [0, 0.1) is 17.8 Å². The van der Waals surface area contributed by atoms with Gasteiger partial charge in [0.1, 0.15) is 5.75 Å². The molecule has 2 saturated carbocycles. The predicted molar refractivity (Wildman–Crippen MR) is 79.2 cm³/mol. The van der Waals surface area contributed by atoms with Crippen LogP contribution >= 0.6 is 0 Å². The quantitative estimate of drug-likeness (QED) is 0.793. The van der Waals surface area contributed by atoms with Crippen LogP contribution in [0.4, 0.5) is 0 Å². The Morgan fingerprint density at radius 2 is 1.63 bits per heavy atom. The summed E-state index contributed by atoms with van der Waals surface area (Å²) < 4.78 is 0. The molecule has 19 heavy (non-hydrogen) atoms. The molecule has 1 aromatic carbocycles. The van der Waals surface area contributed by atoms with E-state index in [0.29, 0.717) is 5.75 Å². The minimum absolute atomic E-state index is 0.389. The van der Waals surface area contributed by atoms with Crippen molar-refractivity contribution < 1.29 is 5.11 Å². The molecule has 0 radical (unpaired) electrons. The van der Waals surface area contributed by atoms with Crippen molar-refractivity contribution in [2.75, 3.05) is 0 Å². The van der Waals surface area contributed by atoms with Crippen LogP contribution in [0.5, 0.6) is 5.75 Å². The summed E-state index contributed by atoms with van der Waals surface area (Å²) in [4.78, 5) is 0. The zero-order valence-corrected chi connectivity index (χ0v) is 11.9. The fraction of sp³-hybridized carbons (Fsp3) is 0.667. The average molecular weight is 258 g/mol. The maximum Gasteiger partial charge on any atom is 0.115 e. The predicted octanol–water partition coefficient (Wildman–Crippen LogP) is 4.93. The lowest BCUT2D eigenvalue weighted by molar-refractivity contribution is 0.173. The number of aromatic hydroxyl groups is 1. The van der Waals surface area contributed by atoms with Crippen molar-refractivity contribution in [3.8, 4) is 5.75 Å². The Hall–Kier alpha value is -0.980. The number of rotatable bonds is 5. The Morgan fingerprint density at radius 3 is 2.21 bits per heavy atom. The van der Waals surface area contributed by atoms with Gasteiger partial charge in [0.05, 0.1) is 0 Å². The van der Waals surface area contributed by atoms with Gasteiger partial charge in [0, 0.05) is 0 Å². The van der Waals surface area contributed by atoms with Gasteiger partial charge >= 0.3 is 0 Å². The van der Waals surface area contributed by atoms with E-state index in [0.717, 1.165) is 17.8 Å². The van der Waals surface area contributed by atoms with E-state index in [1.807, 2.05) is 12.1 Å². The minimum Gasteiger partial charge on any atom is -0.508 e. The second-order valence-electron chi connectivity index (χ2n) is 6.71. The van der Waals surface area contributed by atoms with Gasteiger partial charge in [-0.25, -0.2) is 0 Å². The van der Waals surface area contributed by atoms with E-state index < -0.39 is 0 Å². The SMILES string of the molecule is Oc1ccc(CC(CC2CCCC2)C2CCC2)cc1. The van der Waals surface area contributed by atoms with Crippen LogP contribution in [-0.4, -0.2) is 5.11 Å². The average Bonchev–Trinajstić information content (AvgIpc) is 2.82. The van der Waals surface area contributed by atoms with E-state index >= 15 is 0 Å². The van der Waals surface area contributed by atoms with Crippen molar-refractivity contribution >= 4 is 0 Å². The lowest BCUT2D eigenvalue weighted by Gasteiger charge is -2.35. The molecule has 2 aliphatic carbocycles. The third-order valence-corrected chi connectivity index (χ3v) is 5.36. The zero-order chi connectivity index (χ0) is 13.1. The first-order chi connectivity index (χ1) is 9.31. The molecule has 1 atom stereocenters. The number of benzene rings is 1. The van der Waals surface area contributed by atoms with Crippen molar-refractivity contribution in [3.63, 3.8) is 0 Å². The fourth-order valence-electron chi connectivity index (χ4n) is 3.96. The van der Waals surface area contributed by atoms with Crippen LogP contribution in [0.15, 0.2) is 24.3 Å². The summed E-state index contributed by atoms with van der Waals surface area (Å²) in [7, 11) is 0. The van der Waals surface area contributed by atoms with Crippen LogP contribution in [-0.2, 0) is 6.42 Å². The summed E-state index contributed by atoms with van der Waals surface area (Å²) in [6.07, 6.45) is 12.9. The summed E-state index contributed by atoms with van der Waals surface area (Å²) in [5.74, 6) is 3.26. The van der Waals surface area contributed by atoms with Gasteiger partial charge in [0.2, 0.25) is 0 Å². The number of hydrogen-bond acceptors (Lipinski definition) is 1. The first-order valence-corrected chi connectivity index (χ1v) is 8.09. The van der Waals surface area contributed by atoms with Crippen LogP contribution in [0.1, 0.15) is 56.9 Å². The standard InChI is InChI=1S/C18H26O/c19-18-10-8-15(9-11-18)13-17(16-6-3-7-16)12-14-4-1-2-5-14/h8-11,14,16-17,19H,1-7,12-13H2. The highest BCUT2D eigenvalue weighted by molar-refractivity contribution is 5.26.